The Labute approximate surface area is 146 Å². The van der Waals surface area contributed by atoms with Gasteiger partial charge in [0.15, 0.2) is 12.1 Å². The van der Waals surface area contributed by atoms with E-state index >= 15 is 0 Å². The van der Waals surface area contributed by atoms with Gasteiger partial charge in [-0.15, -0.1) is 0 Å². The van der Waals surface area contributed by atoms with E-state index in [-0.39, 0.29) is 16.6 Å². The summed E-state index contributed by atoms with van der Waals surface area (Å²) in [6.07, 6.45) is 10.7. The van der Waals surface area contributed by atoms with Crippen LogP contribution >= 0.6 is 0 Å². The highest BCUT2D eigenvalue weighted by Crippen LogP contribution is 2.58. The first-order valence-corrected chi connectivity index (χ1v) is 9.48. The van der Waals surface area contributed by atoms with E-state index < -0.39 is 6.29 Å². The Bertz CT molecular complexity index is 551. The van der Waals surface area contributed by atoms with Crippen LogP contribution in [0.3, 0.4) is 0 Å². The number of ketones is 1. The molecule has 0 aromatic carbocycles. The fourth-order valence-corrected chi connectivity index (χ4v) is 5.19. The van der Waals surface area contributed by atoms with Crippen molar-refractivity contribution in [2.75, 3.05) is 13.2 Å². The van der Waals surface area contributed by atoms with Crippen molar-refractivity contribution in [3.8, 4) is 0 Å². The maximum Gasteiger partial charge on any atom is 0.187 e. The van der Waals surface area contributed by atoms with E-state index in [2.05, 4.69) is 39.8 Å². The van der Waals surface area contributed by atoms with Crippen LogP contribution in [0.4, 0.5) is 0 Å². The van der Waals surface area contributed by atoms with Gasteiger partial charge < -0.3 is 9.47 Å². The van der Waals surface area contributed by atoms with Crippen LogP contribution in [0, 0.1) is 16.7 Å². The summed E-state index contributed by atoms with van der Waals surface area (Å²) in [5, 5.41) is 0. The van der Waals surface area contributed by atoms with Gasteiger partial charge in [-0.2, -0.15) is 0 Å². The van der Waals surface area contributed by atoms with E-state index in [1.54, 1.807) is 0 Å². The van der Waals surface area contributed by atoms with Gasteiger partial charge in [0, 0.05) is 11.0 Å². The first-order valence-electron chi connectivity index (χ1n) is 9.48. The summed E-state index contributed by atoms with van der Waals surface area (Å²) in [6.45, 7) is 10.1. The van der Waals surface area contributed by atoms with Crippen molar-refractivity contribution < 1.29 is 14.3 Å². The van der Waals surface area contributed by atoms with Gasteiger partial charge in [0.2, 0.25) is 0 Å². The highest BCUT2D eigenvalue weighted by Gasteiger charge is 2.54. The summed E-state index contributed by atoms with van der Waals surface area (Å²) in [4.78, 5) is 13.3. The molecule has 0 aromatic heterocycles. The Hall–Kier alpha value is -0.930. The van der Waals surface area contributed by atoms with E-state index in [4.69, 9.17) is 9.47 Å². The summed E-state index contributed by atoms with van der Waals surface area (Å²) < 4.78 is 11.2. The SMILES string of the molecule is CC(C)=CCC[C@]1(C)CCC[C@]2(C)C(=O)C(C3OCCO3)=CC[C@@H]12. The smallest absolute Gasteiger partial charge is 0.187 e. The third-order valence-corrected chi connectivity index (χ3v) is 6.55. The molecule has 1 saturated carbocycles. The standard InChI is InChI=1S/C21H32O3/c1-15(2)7-5-10-20(3)11-6-12-21(4)17(20)9-8-16(18(21)22)19-23-13-14-24-19/h7-8,17,19H,5-6,9-14H2,1-4H3/t17-,20+,21-/m0/s1. The van der Waals surface area contributed by atoms with Gasteiger partial charge in [-0.05, 0) is 57.3 Å². The van der Waals surface area contributed by atoms with E-state index in [9.17, 15) is 4.79 Å². The van der Waals surface area contributed by atoms with Crippen LogP contribution in [0.1, 0.15) is 66.2 Å². The fourth-order valence-electron chi connectivity index (χ4n) is 5.19. The minimum atomic E-state index is -0.422. The van der Waals surface area contributed by atoms with Crippen molar-refractivity contribution in [1.29, 1.82) is 0 Å². The molecule has 1 aliphatic heterocycles. The molecule has 2 aliphatic carbocycles. The lowest BCUT2D eigenvalue weighted by molar-refractivity contribution is -0.140. The summed E-state index contributed by atoms with van der Waals surface area (Å²) in [7, 11) is 0. The van der Waals surface area contributed by atoms with Crippen LogP contribution in [0.2, 0.25) is 0 Å². The average Bonchev–Trinajstić information content (AvgIpc) is 3.03. The molecule has 3 atom stereocenters. The van der Waals surface area contributed by atoms with Gasteiger partial charge in [0.25, 0.3) is 0 Å². The minimum absolute atomic E-state index is 0.244. The van der Waals surface area contributed by atoms with Crippen molar-refractivity contribution >= 4 is 5.78 Å². The van der Waals surface area contributed by atoms with Crippen LogP contribution in [0.5, 0.6) is 0 Å². The number of carbonyl (C=O) groups excluding carboxylic acids is 1. The Morgan fingerprint density at radius 3 is 2.62 bits per heavy atom. The fraction of sp³-hybridized carbons (Fsp3) is 0.762. The van der Waals surface area contributed by atoms with Crippen molar-refractivity contribution in [2.45, 2.75) is 72.5 Å². The summed E-state index contributed by atoms with van der Waals surface area (Å²) >= 11 is 0. The summed E-state index contributed by atoms with van der Waals surface area (Å²) in [6, 6.07) is 0. The molecule has 0 aromatic rings. The molecule has 134 valence electrons. The van der Waals surface area contributed by atoms with Crippen molar-refractivity contribution in [1.82, 2.24) is 0 Å². The number of Topliss-reactive ketones (excluding diaryl/α,β-unsaturated/α-hetero) is 1. The quantitative estimate of drug-likeness (QED) is 0.693. The van der Waals surface area contributed by atoms with Gasteiger partial charge >= 0.3 is 0 Å². The number of ether oxygens (including phenoxy) is 2. The summed E-state index contributed by atoms with van der Waals surface area (Å²) in [5.41, 5.74) is 2.15. The second-order valence-corrected chi connectivity index (χ2v) is 8.60. The lowest BCUT2D eigenvalue weighted by Gasteiger charge is -2.53. The zero-order valence-corrected chi connectivity index (χ0v) is 15.7. The Morgan fingerprint density at radius 2 is 1.96 bits per heavy atom. The monoisotopic (exact) mass is 332 g/mol. The highest BCUT2D eigenvalue weighted by atomic mass is 16.7. The molecule has 0 bridgehead atoms. The second kappa shape index (κ2) is 6.76. The van der Waals surface area contributed by atoms with Crippen LogP contribution < -0.4 is 0 Å². The Morgan fingerprint density at radius 1 is 1.25 bits per heavy atom. The normalized spacial score (nSPS) is 37.1. The van der Waals surface area contributed by atoms with Crippen molar-refractivity contribution in [3.05, 3.63) is 23.3 Å². The number of carbonyl (C=O) groups is 1. The Balaban J connectivity index is 1.83. The largest absolute Gasteiger partial charge is 0.346 e. The zero-order chi connectivity index (χ0) is 17.4. The number of hydrogen-bond donors (Lipinski definition) is 0. The molecule has 0 radical (unpaired) electrons. The third-order valence-electron chi connectivity index (χ3n) is 6.55. The number of rotatable bonds is 4. The van der Waals surface area contributed by atoms with E-state index in [1.807, 2.05) is 0 Å². The number of hydrogen-bond acceptors (Lipinski definition) is 3. The van der Waals surface area contributed by atoms with E-state index in [0.717, 1.165) is 31.3 Å². The molecule has 1 heterocycles. The molecule has 3 aliphatic rings. The second-order valence-electron chi connectivity index (χ2n) is 8.60. The maximum absolute atomic E-state index is 13.3. The molecule has 0 N–H and O–H groups in total. The highest BCUT2D eigenvalue weighted by molar-refractivity contribution is 6.01. The molecule has 24 heavy (non-hydrogen) atoms. The van der Waals surface area contributed by atoms with Crippen LogP contribution in [0.25, 0.3) is 0 Å². The first-order chi connectivity index (χ1) is 11.4. The minimum Gasteiger partial charge on any atom is -0.346 e. The van der Waals surface area contributed by atoms with Gasteiger partial charge in [-0.3, -0.25) is 4.79 Å². The van der Waals surface area contributed by atoms with Crippen LogP contribution in [-0.2, 0) is 14.3 Å². The molecule has 0 amide bonds. The predicted molar refractivity (Wildman–Crippen MR) is 95.6 cm³/mol. The molecular weight excluding hydrogens is 300 g/mol. The molecule has 1 saturated heterocycles. The summed E-state index contributed by atoms with van der Waals surface area (Å²) in [5.74, 6) is 0.709. The predicted octanol–water partition coefficient (Wildman–Crippen LogP) is 4.82. The number of fused-ring (bicyclic) bond motifs is 1. The first kappa shape index (κ1) is 17.9. The average molecular weight is 332 g/mol. The van der Waals surface area contributed by atoms with Crippen LogP contribution in [0.15, 0.2) is 23.3 Å². The van der Waals surface area contributed by atoms with Crippen molar-refractivity contribution in [3.63, 3.8) is 0 Å². The van der Waals surface area contributed by atoms with Gasteiger partial charge in [0.05, 0.1) is 13.2 Å². The Kier molecular flexibility index (Phi) is 5.04. The van der Waals surface area contributed by atoms with Gasteiger partial charge in [-0.25, -0.2) is 0 Å². The molecule has 3 rings (SSSR count). The molecule has 0 unspecified atom stereocenters. The maximum atomic E-state index is 13.3. The molecule has 2 fully saturated rings. The molecular formula is C21H32O3. The topological polar surface area (TPSA) is 35.5 Å². The van der Waals surface area contributed by atoms with Crippen molar-refractivity contribution in [2.24, 2.45) is 16.7 Å². The van der Waals surface area contributed by atoms with Gasteiger partial charge in [-0.1, -0.05) is 38.0 Å². The zero-order valence-electron chi connectivity index (χ0n) is 15.7. The lowest BCUT2D eigenvalue weighted by Crippen LogP contribution is -2.51. The van der Waals surface area contributed by atoms with E-state index in [1.165, 1.54) is 18.4 Å². The van der Waals surface area contributed by atoms with Gasteiger partial charge in [0.1, 0.15) is 0 Å². The molecule has 3 nitrogen and oxygen atoms in total. The number of allylic oxidation sites excluding steroid dienone is 3. The van der Waals surface area contributed by atoms with Crippen LogP contribution in [-0.4, -0.2) is 25.3 Å². The molecule has 3 heteroatoms. The third kappa shape index (κ3) is 3.13. The lowest BCUT2D eigenvalue weighted by atomic mass is 9.50. The molecule has 0 spiro atoms. The van der Waals surface area contributed by atoms with E-state index in [0.29, 0.717) is 19.1 Å².